The van der Waals surface area contributed by atoms with Gasteiger partial charge in [-0.25, -0.2) is 8.78 Å². The molecule has 0 aromatic carbocycles. The molecule has 0 spiro atoms. The van der Waals surface area contributed by atoms with Crippen molar-refractivity contribution in [1.82, 2.24) is 0 Å². The number of hydrogen-bond donors (Lipinski definition) is 0. The van der Waals surface area contributed by atoms with Gasteiger partial charge in [0.25, 0.3) is 5.92 Å². The van der Waals surface area contributed by atoms with Gasteiger partial charge in [-0.1, -0.05) is 12.2 Å². The molecule has 0 N–H and O–H groups in total. The molecule has 0 heterocycles. The second kappa shape index (κ2) is 3.68. The summed E-state index contributed by atoms with van der Waals surface area (Å²) in [5, 5.41) is 0. The summed E-state index contributed by atoms with van der Waals surface area (Å²) in [4.78, 5) is 11.6. The minimum atomic E-state index is -5.34. The van der Waals surface area contributed by atoms with Crippen LogP contribution in [0, 0.1) is 17.3 Å². The molecule has 0 radical (unpaired) electrons. The largest absolute Gasteiger partial charge is 0.465 e. The zero-order chi connectivity index (χ0) is 13.8. The van der Waals surface area contributed by atoms with Crippen molar-refractivity contribution in [3.8, 4) is 0 Å². The first kappa shape index (κ1) is 13.3. The predicted octanol–water partition coefficient (Wildman–Crippen LogP) is 2.94. The Hall–Kier alpha value is -1.14. The van der Waals surface area contributed by atoms with Crippen LogP contribution in [0.1, 0.15) is 13.3 Å². The van der Waals surface area contributed by atoms with Gasteiger partial charge in [0.1, 0.15) is 0 Å². The highest BCUT2D eigenvalue weighted by Crippen LogP contribution is 2.67. The fraction of sp³-hybridized carbons (Fsp3) is 0.727. The van der Waals surface area contributed by atoms with Crippen LogP contribution >= 0.6 is 0 Å². The highest BCUT2D eigenvalue weighted by Gasteiger charge is 2.83. The van der Waals surface area contributed by atoms with E-state index in [1.165, 1.54) is 6.92 Å². The summed E-state index contributed by atoms with van der Waals surface area (Å²) in [7, 11) is 0. The molecular formula is C11H11F5O2. The number of allylic oxidation sites excluding steroid dienone is 2. The summed E-state index contributed by atoms with van der Waals surface area (Å²) in [6.07, 6.45) is -3.61. The van der Waals surface area contributed by atoms with Crippen LogP contribution in [0.25, 0.3) is 0 Å². The average Bonchev–Trinajstić information content (AvgIpc) is 2.72. The summed E-state index contributed by atoms with van der Waals surface area (Å²) in [5.41, 5.74) is -3.73. The van der Waals surface area contributed by atoms with Crippen molar-refractivity contribution in [2.45, 2.75) is 25.4 Å². The fourth-order valence-electron chi connectivity index (χ4n) is 2.88. The van der Waals surface area contributed by atoms with Crippen LogP contribution < -0.4 is 0 Å². The van der Waals surface area contributed by atoms with Crippen LogP contribution in [0.3, 0.4) is 0 Å². The lowest BCUT2D eigenvalue weighted by molar-refractivity contribution is -0.298. The van der Waals surface area contributed by atoms with Crippen LogP contribution in [0.2, 0.25) is 0 Å². The van der Waals surface area contributed by atoms with E-state index < -0.39 is 35.3 Å². The molecule has 1 fully saturated rings. The Morgan fingerprint density at radius 1 is 1.33 bits per heavy atom. The van der Waals surface area contributed by atoms with Crippen molar-refractivity contribution >= 4 is 5.97 Å². The minimum absolute atomic E-state index is 0.367. The Morgan fingerprint density at radius 3 is 2.28 bits per heavy atom. The van der Waals surface area contributed by atoms with E-state index in [2.05, 4.69) is 4.74 Å². The first-order valence-corrected chi connectivity index (χ1v) is 5.49. The molecule has 3 atom stereocenters. The van der Waals surface area contributed by atoms with Crippen molar-refractivity contribution in [2.24, 2.45) is 17.3 Å². The van der Waals surface area contributed by atoms with Gasteiger partial charge in [0.2, 0.25) is 5.41 Å². The summed E-state index contributed by atoms with van der Waals surface area (Å²) in [6.45, 7) is 0.914. The first-order valence-electron chi connectivity index (χ1n) is 5.49. The lowest BCUT2D eigenvalue weighted by atomic mass is 9.72. The minimum Gasteiger partial charge on any atom is -0.465 e. The number of esters is 1. The number of hydrogen-bond acceptors (Lipinski definition) is 2. The highest BCUT2D eigenvalue weighted by atomic mass is 19.4. The Morgan fingerprint density at radius 2 is 1.89 bits per heavy atom. The van der Waals surface area contributed by atoms with Gasteiger partial charge in [-0.2, -0.15) is 13.2 Å². The molecule has 0 aliphatic heterocycles. The van der Waals surface area contributed by atoms with Gasteiger partial charge in [0.15, 0.2) is 0 Å². The number of halogens is 5. The SMILES string of the molecule is CCOC(=O)[C@]1(C(F)(F)F)[C@@H]2C=C[C@@H](C2)C1(F)F. The molecule has 1 saturated carbocycles. The van der Waals surface area contributed by atoms with Gasteiger partial charge in [-0.15, -0.1) is 0 Å². The van der Waals surface area contributed by atoms with Crippen molar-refractivity contribution in [1.29, 1.82) is 0 Å². The summed E-state index contributed by atoms with van der Waals surface area (Å²) in [5.74, 6) is -9.12. The third-order valence-corrected chi connectivity index (χ3v) is 3.68. The number of ether oxygens (including phenoxy) is 1. The van der Waals surface area contributed by atoms with E-state index in [1.54, 1.807) is 0 Å². The molecule has 2 nitrogen and oxygen atoms in total. The van der Waals surface area contributed by atoms with Crippen LogP contribution in [0.15, 0.2) is 12.2 Å². The van der Waals surface area contributed by atoms with Gasteiger partial charge < -0.3 is 4.74 Å². The number of rotatable bonds is 2. The van der Waals surface area contributed by atoms with Gasteiger partial charge in [0, 0.05) is 11.8 Å². The quantitative estimate of drug-likeness (QED) is 0.438. The molecule has 2 bridgehead atoms. The van der Waals surface area contributed by atoms with E-state index in [-0.39, 0.29) is 13.0 Å². The van der Waals surface area contributed by atoms with Crippen LogP contribution in [-0.4, -0.2) is 24.7 Å². The van der Waals surface area contributed by atoms with Crippen LogP contribution in [0.4, 0.5) is 22.0 Å². The normalized spacial score (nSPS) is 37.0. The standard InChI is InChI=1S/C11H11F5O2/c1-2-18-8(17)9(11(14,15)16)6-3-4-7(5-6)10(9,12)13/h3-4,6-7H,2,5H2,1H3/t6-,7+,9-/m1/s1. The zero-order valence-electron chi connectivity index (χ0n) is 9.43. The van der Waals surface area contributed by atoms with E-state index >= 15 is 0 Å². The Balaban J connectivity index is 2.57. The molecule has 2 rings (SSSR count). The second-order valence-electron chi connectivity index (χ2n) is 4.48. The van der Waals surface area contributed by atoms with Crippen LogP contribution in [0.5, 0.6) is 0 Å². The molecule has 0 unspecified atom stereocenters. The molecular weight excluding hydrogens is 259 g/mol. The number of fused-ring (bicyclic) bond motifs is 2. The van der Waals surface area contributed by atoms with Gasteiger partial charge in [-0.3, -0.25) is 4.79 Å². The molecule has 0 amide bonds. The van der Waals surface area contributed by atoms with E-state index in [1.807, 2.05) is 0 Å². The van der Waals surface area contributed by atoms with Gasteiger partial charge in [-0.05, 0) is 13.3 Å². The molecule has 0 saturated heterocycles. The Labute approximate surface area is 99.8 Å². The molecule has 7 heteroatoms. The summed E-state index contributed by atoms with van der Waals surface area (Å²) >= 11 is 0. The monoisotopic (exact) mass is 270 g/mol. The molecule has 18 heavy (non-hydrogen) atoms. The van der Waals surface area contributed by atoms with E-state index in [4.69, 9.17) is 0 Å². The number of carbonyl (C=O) groups excluding carboxylic acids is 1. The Kier molecular flexibility index (Phi) is 2.72. The van der Waals surface area contributed by atoms with Crippen molar-refractivity contribution in [2.75, 3.05) is 6.61 Å². The molecule has 2 aliphatic rings. The Bertz CT molecular complexity index is 401. The van der Waals surface area contributed by atoms with Crippen molar-refractivity contribution < 1.29 is 31.5 Å². The molecule has 0 aromatic rings. The first-order chi connectivity index (χ1) is 8.19. The number of carbonyl (C=O) groups is 1. The highest BCUT2D eigenvalue weighted by molar-refractivity contribution is 5.81. The lowest BCUT2D eigenvalue weighted by Crippen LogP contribution is -2.60. The fourth-order valence-corrected chi connectivity index (χ4v) is 2.88. The predicted molar refractivity (Wildman–Crippen MR) is 50.8 cm³/mol. The summed E-state index contributed by atoms with van der Waals surface area (Å²) < 4.78 is 71.6. The molecule has 102 valence electrons. The summed E-state index contributed by atoms with van der Waals surface area (Å²) in [6, 6.07) is 0. The third kappa shape index (κ3) is 1.30. The van der Waals surface area contributed by atoms with E-state index in [0.717, 1.165) is 12.2 Å². The van der Waals surface area contributed by atoms with E-state index in [0.29, 0.717) is 0 Å². The maximum absolute atomic E-state index is 14.0. The lowest BCUT2D eigenvalue weighted by Gasteiger charge is -2.40. The maximum Gasteiger partial charge on any atom is 0.411 e. The second-order valence-corrected chi connectivity index (χ2v) is 4.48. The van der Waals surface area contributed by atoms with Crippen LogP contribution in [-0.2, 0) is 9.53 Å². The molecule has 0 aromatic heterocycles. The zero-order valence-corrected chi connectivity index (χ0v) is 9.43. The third-order valence-electron chi connectivity index (χ3n) is 3.68. The molecule has 2 aliphatic carbocycles. The van der Waals surface area contributed by atoms with Gasteiger partial charge >= 0.3 is 12.1 Å². The topological polar surface area (TPSA) is 26.3 Å². The maximum atomic E-state index is 14.0. The van der Waals surface area contributed by atoms with E-state index in [9.17, 15) is 26.7 Å². The van der Waals surface area contributed by atoms with Gasteiger partial charge in [0.05, 0.1) is 6.61 Å². The number of alkyl halides is 5. The van der Waals surface area contributed by atoms with Crippen molar-refractivity contribution in [3.05, 3.63) is 12.2 Å². The average molecular weight is 270 g/mol. The van der Waals surface area contributed by atoms with Crippen molar-refractivity contribution in [3.63, 3.8) is 0 Å². The smallest absolute Gasteiger partial charge is 0.411 e.